The number of hydrogen-bond acceptors (Lipinski definition) is 4. The maximum atomic E-state index is 13.9. The smallest absolute Gasteiger partial charge is 0.272 e. The Balaban J connectivity index is 2.11. The van der Waals surface area contributed by atoms with Gasteiger partial charge in [0.1, 0.15) is 5.82 Å². The molecule has 20 heavy (non-hydrogen) atoms. The van der Waals surface area contributed by atoms with E-state index < -0.39 is 10.7 Å². The first-order chi connectivity index (χ1) is 9.51. The lowest BCUT2D eigenvalue weighted by Crippen LogP contribution is -2.45. The van der Waals surface area contributed by atoms with Crippen molar-refractivity contribution >= 4 is 5.69 Å². The molecule has 2 N–H and O–H groups in total. The molecule has 6 heteroatoms. The average molecular weight is 281 g/mol. The van der Waals surface area contributed by atoms with Gasteiger partial charge in [-0.2, -0.15) is 0 Å². The van der Waals surface area contributed by atoms with Crippen LogP contribution in [0.4, 0.5) is 10.1 Å². The van der Waals surface area contributed by atoms with Crippen molar-refractivity contribution in [3.63, 3.8) is 0 Å². The number of halogens is 1. The molecule has 5 nitrogen and oxygen atoms in total. The van der Waals surface area contributed by atoms with E-state index in [0.29, 0.717) is 24.6 Å². The fourth-order valence-corrected chi connectivity index (χ4v) is 2.75. The monoisotopic (exact) mass is 281 g/mol. The van der Waals surface area contributed by atoms with E-state index >= 15 is 0 Å². The molecule has 0 bridgehead atoms. The van der Waals surface area contributed by atoms with Gasteiger partial charge in [0, 0.05) is 30.8 Å². The molecule has 1 heterocycles. The highest BCUT2D eigenvalue weighted by Gasteiger charge is 2.26. The molecule has 1 fully saturated rings. The second-order valence-corrected chi connectivity index (χ2v) is 5.52. The molecule has 2 atom stereocenters. The second kappa shape index (κ2) is 6.28. The Morgan fingerprint density at radius 1 is 1.55 bits per heavy atom. The van der Waals surface area contributed by atoms with Crippen LogP contribution in [0.2, 0.25) is 0 Å². The number of rotatable bonds is 4. The number of likely N-dealkylation sites (tertiary alicyclic amines) is 1. The van der Waals surface area contributed by atoms with Gasteiger partial charge in [-0.15, -0.1) is 0 Å². The molecule has 0 spiro atoms. The van der Waals surface area contributed by atoms with Crippen LogP contribution in [0.3, 0.4) is 0 Å². The third kappa shape index (κ3) is 3.32. The van der Waals surface area contributed by atoms with Crippen LogP contribution in [0.1, 0.15) is 25.3 Å². The molecular weight excluding hydrogens is 261 g/mol. The van der Waals surface area contributed by atoms with Crippen LogP contribution in [0, 0.1) is 21.8 Å². The van der Waals surface area contributed by atoms with Crippen molar-refractivity contribution in [2.45, 2.75) is 32.4 Å². The first-order valence-corrected chi connectivity index (χ1v) is 6.88. The van der Waals surface area contributed by atoms with Crippen LogP contribution in [-0.2, 0) is 6.54 Å². The Morgan fingerprint density at radius 3 is 2.90 bits per heavy atom. The van der Waals surface area contributed by atoms with Crippen LogP contribution in [0.25, 0.3) is 0 Å². The van der Waals surface area contributed by atoms with Gasteiger partial charge in [0.25, 0.3) is 5.69 Å². The van der Waals surface area contributed by atoms with Gasteiger partial charge >= 0.3 is 0 Å². The standard InChI is InChI=1S/C14H20FN3O2/c1-10-4-5-17(13(6-10)8-16)9-11-2-3-12(18(19)20)7-14(11)15/h2-3,7,10,13H,4-6,8-9,16H2,1H3. The third-order valence-corrected chi connectivity index (χ3v) is 3.99. The first-order valence-electron chi connectivity index (χ1n) is 6.88. The summed E-state index contributed by atoms with van der Waals surface area (Å²) in [5, 5.41) is 10.6. The van der Waals surface area contributed by atoms with E-state index in [4.69, 9.17) is 5.73 Å². The first kappa shape index (κ1) is 14.9. The third-order valence-electron chi connectivity index (χ3n) is 3.99. The zero-order valence-corrected chi connectivity index (χ0v) is 11.6. The number of nitrogens with two attached hydrogens (primary N) is 1. The predicted molar refractivity (Wildman–Crippen MR) is 74.7 cm³/mol. The highest BCUT2D eigenvalue weighted by atomic mass is 19.1. The lowest BCUT2D eigenvalue weighted by atomic mass is 9.92. The van der Waals surface area contributed by atoms with Gasteiger partial charge in [0.05, 0.1) is 11.0 Å². The molecule has 1 aliphatic rings. The van der Waals surface area contributed by atoms with Crippen LogP contribution >= 0.6 is 0 Å². The fraction of sp³-hybridized carbons (Fsp3) is 0.571. The number of piperidine rings is 1. The van der Waals surface area contributed by atoms with E-state index in [0.717, 1.165) is 25.5 Å². The molecule has 0 aromatic heterocycles. The summed E-state index contributed by atoms with van der Waals surface area (Å²) < 4.78 is 13.9. The van der Waals surface area contributed by atoms with Gasteiger partial charge in [0.15, 0.2) is 0 Å². The number of non-ortho nitro benzene ring substituents is 1. The maximum Gasteiger partial charge on any atom is 0.272 e. The SMILES string of the molecule is CC1CCN(Cc2ccc([N+](=O)[O-])cc2F)C(CN)C1. The van der Waals surface area contributed by atoms with E-state index in [1.165, 1.54) is 12.1 Å². The topological polar surface area (TPSA) is 72.4 Å². The van der Waals surface area contributed by atoms with Crippen molar-refractivity contribution in [2.75, 3.05) is 13.1 Å². The highest BCUT2D eigenvalue weighted by molar-refractivity contribution is 5.34. The zero-order valence-electron chi connectivity index (χ0n) is 11.6. The summed E-state index contributed by atoms with van der Waals surface area (Å²) in [5.74, 6) is 0.120. The summed E-state index contributed by atoms with van der Waals surface area (Å²) in [4.78, 5) is 12.2. The quantitative estimate of drug-likeness (QED) is 0.679. The Labute approximate surface area is 117 Å². The van der Waals surface area contributed by atoms with E-state index in [1.54, 1.807) is 0 Å². The van der Waals surface area contributed by atoms with Crippen LogP contribution < -0.4 is 5.73 Å². The van der Waals surface area contributed by atoms with Crippen molar-refractivity contribution in [2.24, 2.45) is 11.7 Å². The molecule has 1 aliphatic heterocycles. The minimum Gasteiger partial charge on any atom is -0.329 e. The van der Waals surface area contributed by atoms with Crippen LogP contribution in [0.15, 0.2) is 18.2 Å². The zero-order chi connectivity index (χ0) is 14.7. The lowest BCUT2D eigenvalue weighted by Gasteiger charge is -2.38. The lowest BCUT2D eigenvalue weighted by molar-refractivity contribution is -0.385. The molecule has 1 aromatic rings. The molecule has 0 aliphatic carbocycles. The van der Waals surface area contributed by atoms with E-state index in [1.807, 2.05) is 0 Å². The van der Waals surface area contributed by atoms with Gasteiger partial charge in [-0.3, -0.25) is 15.0 Å². The predicted octanol–water partition coefficient (Wildman–Crippen LogP) is 2.29. The van der Waals surface area contributed by atoms with Gasteiger partial charge < -0.3 is 5.73 Å². The Morgan fingerprint density at radius 2 is 2.30 bits per heavy atom. The van der Waals surface area contributed by atoms with Gasteiger partial charge in [-0.25, -0.2) is 4.39 Å². The van der Waals surface area contributed by atoms with Crippen molar-refractivity contribution in [1.82, 2.24) is 4.90 Å². The number of nitro benzene ring substituents is 1. The van der Waals surface area contributed by atoms with Crippen molar-refractivity contribution < 1.29 is 9.31 Å². The molecule has 0 amide bonds. The van der Waals surface area contributed by atoms with Crippen LogP contribution in [-0.4, -0.2) is 29.0 Å². The Kier molecular flexibility index (Phi) is 4.67. The molecule has 2 unspecified atom stereocenters. The van der Waals surface area contributed by atoms with Crippen molar-refractivity contribution in [1.29, 1.82) is 0 Å². The Hall–Kier alpha value is -1.53. The normalized spacial score (nSPS) is 23.8. The molecule has 0 radical (unpaired) electrons. The largest absolute Gasteiger partial charge is 0.329 e. The molecular formula is C14H20FN3O2. The minimum absolute atomic E-state index is 0.214. The van der Waals surface area contributed by atoms with E-state index in [-0.39, 0.29) is 11.7 Å². The second-order valence-electron chi connectivity index (χ2n) is 5.52. The summed E-state index contributed by atoms with van der Waals surface area (Å²) in [7, 11) is 0. The van der Waals surface area contributed by atoms with E-state index in [2.05, 4.69) is 11.8 Å². The maximum absolute atomic E-state index is 13.9. The summed E-state index contributed by atoms with van der Waals surface area (Å²) in [6.07, 6.45) is 2.09. The van der Waals surface area contributed by atoms with Crippen molar-refractivity contribution in [3.05, 3.63) is 39.7 Å². The number of hydrogen-bond donors (Lipinski definition) is 1. The minimum atomic E-state index is -0.585. The van der Waals surface area contributed by atoms with Gasteiger partial charge in [-0.1, -0.05) is 6.92 Å². The Bertz CT molecular complexity index is 495. The average Bonchev–Trinajstić information content (AvgIpc) is 2.42. The summed E-state index contributed by atoms with van der Waals surface area (Å²) >= 11 is 0. The highest BCUT2D eigenvalue weighted by Crippen LogP contribution is 2.25. The fourth-order valence-electron chi connectivity index (χ4n) is 2.75. The summed E-state index contributed by atoms with van der Waals surface area (Å²) in [6, 6.07) is 4.09. The molecule has 1 aromatic carbocycles. The summed E-state index contributed by atoms with van der Waals surface area (Å²) in [5.41, 5.74) is 6.06. The van der Waals surface area contributed by atoms with Crippen LogP contribution in [0.5, 0.6) is 0 Å². The number of benzene rings is 1. The molecule has 1 saturated heterocycles. The van der Waals surface area contributed by atoms with Gasteiger partial charge in [-0.05, 0) is 31.4 Å². The molecule has 0 saturated carbocycles. The number of nitrogens with zero attached hydrogens (tertiary/aromatic N) is 2. The molecule has 110 valence electrons. The number of nitro groups is 1. The summed E-state index contributed by atoms with van der Waals surface area (Å²) in [6.45, 7) is 4.10. The van der Waals surface area contributed by atoms with E-state index in [9.17, 15) is 14.5 Å². The van der Waals surface area contributed by atoms with Gasteiger partial charge in [0.2, 0.25) is 0 Å². The molecule has 2 rings (SSSR count). The van der Waals surface area contributed by atoms with Crippen molar-refractivity contribution in [3.8, 4) is 0 Å².